The van der Waals surface area contributed by atoms with Gasteiger partial charge in [0.2, 0.25) is 0 Å². The van der Waals surface area contributed by atoms with E-state index in [2.05, 4.69) is 43.4 Å². The van der Waals surface area contributed by atoms with Crippen LogP contribution in [-0.4, -0.2) is 41.4 Å². The summed E-state index contributed by atoms with van der Waals surface area (Å²) in [6.45, 7) is 4.32. The Balaban J connectivity index is 3.28. The van der Waals surface area contributed by atoms with E-state index in [4.69, 9.17) is 10.6 Å². The van der Waals surface area contributed by atoms with Crippen LogP contribution < -0.4 is 16.0 Å². The molecule has 104 valence electrons. The number of aryl methyl sites for hydroxylation is 1. The molecular formula is C12H25N5O. The first-order valence-electron chi connectivity index (χ1n) is 6.11. The predicted molar refractivity (Wildman–Crippen MR) is 72.2 cm³/mol. The maximum Gasteiger partial charge on any atom is 0.161 e. The SMILES string of the molecule is CCC(C)(C(NN)c1c(OC)cnn1C)N(C)C. The Hall–Kier alpha value is -1.11. The molecule has 6 heteroatoms. The number of ether oxygens (including phenoxy) is 1. The Morgan fingerprint density at radius 3 is 2.61 bits per heavy atom. The monoisotopic (exact) mass is 255 g/mol. The lowest BCUT2D eigenvalue weighted by Crippen LogP contribution is -2.53. The van der Waals surface area contributed by atoms with Crippen molar-refractivity contribution in [1.29, 1.82) is 0 Å². The second kappa shape index (κ2) is 5.69. The van der Waals surface area contributed by atoms with E-state index in [0.29, 0.717) is 0 Å². The van der Waals surface area contributed by atoms with Crippen molar-refractivity contribution in [1.82, 2.24) is 20.1 Å². The van der Waals surface area contributed by atoms with Crippen molar-refractivity contribution in [3.8, 4) is 5.75 Å². The number of nitrogens with one attached hydrogen (secondary N) is 1. The molecule has 0 amide bonds. The van der Waals surface area contributed by atoms with Crippen molar-refractivity contribution >= 4 is 0 Å². The van der Waals surface area contributed by atoms with Gasteiger partial charge in [0.15, 0.2) is 5.75 Å². The zero-order chi connectivity index (χ0) is 13.9. The van der Waals surface area contributed by atoms with Crippen molar-refractivity contribution < 1.29 is 4.74 Å². The highest BCUT2D eigenvalue weighted by Crippen LogP contribution is 2.36. The first kappa shape index (κ1) is 14.9. The van der Waals surface area contributed by atoms with Crippen molar-refractivity contribution in [2.24, 2.45) is 12.9 Å². The van der Waals surface area contributed by atoms with E-state index in [-0.39, 0.29) is 11.6 Å². The van der Waals surface area contributed by atoms with Crippen LogP contribution in [0.15, 0.2) is 6.20 Å². The number of likely N-dealkylation sites (N-methyl/N-ethyl adjacent to an activating group) is 1. The molecule has 1 heterocycles. The molecular weight excluding hydrogens is 230 g/mol. The van der Waals surface area contributed by atoms with Crippen LogP contribution in [0.25, 0.3) is 0 Å². The number of aromatic nitrogens is 2. The molecule has 1 rings (SSSR count). The molecule has 6 nitrogen and oxygen atoms in total. The van der Waals surface area contributed by atoms with Crippen LogP contribution in [0.4, 0.5) is 0 Å². The fraction of sp³-hybridized carbons (Fsp3) is 0.750. The minimum Gasteiger partial charge on any atom is -0.493 e. The van der Waals surface area contributed by atoms with Gasteiger partial charge >= 0.3 is 0 Å². The van der Waals surface area contributed by atoms with Gasteiger partial charge in [-0.1, -0.05) is 6.92 Å². The number of hydrazine groups is 1. The van der Waals surface area contributed by atoms with Crippen LogP contribution in [0.3, 0.4) is 0 Å². The maximum atomic E-state index is 5.78. The average Bonchev–Trinajstić information content (AvgIpc) is 2.71. The summed E-state index contributed by atoms with van der Waals surface area (Å²) in [7, 11) is 7.65. The zero-order valence-corrected chi connectivity index (χ0v) is 12.2. The van der Waals surface area contributed by atoms with Gasteiger partial charge in [-0.3, -0.25) is 10.5 Å². The van der Waals surface area contributed by atoms with Crippen LogP contribution in [0.2, 0.25) is 0 Å². The van der Waals surface area contributed by atoms with Gasteiger partial charge in [-0.25, -0.2) is 5.43 Å². The van der Waals surface area contributed by atoms with E-state index < -0.39 is 0 Å². The van der Waals surface area contributed by atoms with Gasteiger partial charge in [0.1, 0.15) is 5.69 Å². The molecule has 3 N–H and O–H groups in total. The number of methoxy groups -OCH3 is 1. The minimum absolute atomic E-state index is 0.0695. The Labute approximate surface area is 109 Å². The van der Waals surface area contributed by atoms with E-state index in [0.717, 1.165) is 17.9 Å². The lowest BCUT2D eigenvalue weighted by Gasteiger charge is -2.42. The summed E-state index contributed by atoms with van der Waals surface area (Å²) in [5, 5.41) is 4.24. The van der Waals surface area contributed by atoms with Crippen LogP contribution in [0.1, 0.15) is 32.0 Å². The van der Waals surface area contributed by atoms with Gasteiger partial charge in [-0.15, -0.1) is 0 Å². The van der Waals surface area contributed by atoms with Crippen LogP contribution in [0, 0.1) is 0 Å². The van der Waals surface area contributed by atoms with Gasteiger partial charge < -0.3 is 9.64 Å². The van der Waals surface area contributed by atoms with Gasteiger partial charge in [-0.2, -0.15) is 5.10 Å². The minimum atomic E-state index is -0.129. The molecule has 0 spiro atoms. The maximum absolute atomic E-state index is 5.78. The summed E-state index contributed by atoms with van der Waals surface area (Å²) in [5.41, 5.74) is 3.74. The molecule has 0 aliphatic carbocycles. The smallest absolute Gasteiger partial charge is 0.161 e. The molecule has 2 atom stereocenters. The first-order valence-corrected chi connectivity index (χ1v) is 6.11. The van der Waals surface area contributed by atoms with Gasteiger partial charge in [-0.05, 0) is 27.4 Å². The number of nitrogens with zero attached hydrogens (tertiary/aromatic N) is 3. The fourth-order valence-electron chi connectivity index (χ4n) is 2.24. The number of nitrogens with two attached hydrogens (primary N) is 1. The second-order valence-corrected chi connectivity index (χ2v) is 4.93. The molecule has 2 unspecified atom stereocenters. The highest BCUT2D eigenvalue weighted by molar-refractivity contribution is 5.30. The largest absolute Gasteiger partial charge is 0.493 e. The summed E-state index contributed by atoms with van der Waals surface area (Å²) in [6, 6.07) is -0.0695. The standard InChI is InChI=1S/C12H25N5O/c1-7-12(2,16(3)4)11(15-13)10-9(18-6)8-14-17(10)5/h8,11,15H,7,13H2,1-6H3. The third-order valence-corrected chi connectivity index (χ3v) is 3.97. The zero-order valence-electron chi connectivity index (χ0n) is 12.2. The Morgan fingerprint density at radius 1 is 1.61 bits per heavy atom. The molecule has 18 heavy (non-hydrogen) atoms. The van der Waals surface area contributed by atoms with E-state index in [9.17, 15) is 0 Å². The molecule has 0 fully saturated rings. The molecule has 1 aromatic rings. The normalized spacial score (nSPS) is 16.7. The molecule has 0 radical (unpaired) electrons. The lowest BCUT2D eigenvalue weighted by molar-refractivity contribution is 0.107. The molecule has 1 aromatic heterocycles. The fourth-order valence-corrected chi connectivity index (χ4v) is 2.24. The Kier molecular flexibility index (Phi) is 4.72. The van der Waals surface area contributed by atoms with Gasteiger partial charge in [0.25, 0.3) is 0 Å². The van der Waals surface area contributed by atoms with Crippen molar-refractivity contribution in [3.63, 3.8) is 0 Å². The number of hydrogen-bond donors (Lipinski definition) is 2. The average molecular weight is 255 g/mol. The topological polar surface area (TPSA) is 68.3 Å². The highest BCUT2D eigenvalue weighted by Gasteiger charge is 2.38. The third-order valence-electron chi connectivity index (χ3n) is 3.97. The van der Waals surface area contributed by atoms with Crippen LogP contribution in [0.5, 0.6) is 5.75 Å². The summed E-state index contributed by atoms with van der Waals surface area (Å²) in [4.78, 5) is 2.17. The van der Waals surface area contributed by atoms with E-state index in [1.807, 2.05) is 7.05 Å². The van der Waals surface area contributed by atoms with Crippen molar-refractivity contribution in [2.75, 3.05) is 21.2 Å². The summed E-state index contributed by atoms with van der Waals surface area (Å²) >= 11 is 0. The number of hydrogen-bond acceptors (Lipinski definition) is 5. The Morgan fingerprint density at radius 2 is 2.22 bits per heavy atom. The highest BCUT2D eigenvalue weighted by atomic mass is 16.5. The van der Waals surface area contributed by atoms with Crippen LogP contribution in [-0.2, 0) is 7.05 Å². The molecule has 0 aliphatic rings. The van der Waals surface area contributed by atoms with Gasteiger partial charge in [0, 0.05) is 12.6 Å². The number of rotatable bonds is 6. The van der Waals surface area contributed by atoms with E-state index >= 15 is 0 Å². The molecule has 0 saturated carbocycles. The van der Waals surface area contributed by atoms with Crippen molar-refractivity contribution in [2.45, 2.75) is 31.8 Å². The lowest BCUT2D eigenvalue weighted by atomic mass is 9.86. The molecule has 0 aliphatic heterocycles. The van der Waals surface area contributed by atoms with Gasteiger partial charge in [0.05, 0.1) is 19.3 Å². The second-order valence-electron chi connectivity index (χ2n) is 4.93. The summed E-state index contributed by atoms with van der Waals surface area (Å²) in [6.07, 6.45) is 2.66. The molecule has 0 bridgehead atoms. The quantitative estimate of drug-likeness (QED) is 0.577. The van der Waals surface area contributed by atoms with Crippen LogP contribution >= 0.6 is 0 Å². The van der Waals surface area contributed by atoms with Crippen molar-refractivity contribution in [3.05, 3.63) is 11.9 Å². The Bertz CT molecular complexity index is 390. The van der Waals surface area contributed by atoms with E-state index in [1.54, 1.807) is 18.0 Å². The third kappa shape index (κ3) is 2.36. The summed E-state index contributed by atoms with van der Waals surface area (Å²) < 4.78 is 7.18. The predicted octanol–water partition coefficient (Wildman–Crippen LogP) is 0.663. The molecule has 0 aromatic carbocycles. The first-order chi connectivity index (χ1) is 8.42. The molecule has 0 saturated heterocycles. The van der Waals surface area contributed by atoms with E-state index in [1.165, 1.54) is 0 Å². The summed E-state index contributed by atoms with van der Waals surface area (Å²) in [5.74, 6) is 6.53.